The molecule has 0 aliphatic heterocycles. The normalized spacial score (nSPS) is 15.1. The van der Waals surface area contributed by atoms with Crippen LogP contribution in [0.4, 0.5) is 0 Å². The molecule has 0 aliphatic rings. The molecule has 0 amide bonds. The second-order valence-corrected chi connectivity index (χ2v) is 34.5. The van der Waals surface area contributed by atoms with E-state index >= 15 is 0 Å². The minimum Gasteiger partial charge on any atom is -0.283 e. The Kier molecular flexibility index (Phi) is 8.50. The molecule has 0 spiro atoms. The van der Waals surface area contributed by atoms with E-state index in [1.807, 2.05) is 31.8 Å². The molecule has 0 aromatic carbocycles. The molecule has 0 saturated carbocycles. The van der Waals surface area contributed by atoms with E-state index in [4.69, 9.17) is 0 Å². The SMILES string of the molecule is C[Si](C)(C)N(SSSN([Si](C)(C)C)[Si](C)(C)C)[Si](C)(C)C. The summed E-state index contributed by atoms with van der Waals surface area (Å²) >= 11 is 0. The van der Waals surface area contributed by atoms with Crippen LogP contribution >= 0.6 is 31.8 Å². The number of hydrogen-bond donors (Lipinski definition) is 0. The summed E-state index contributed by atoms with van der Waals surface area (Å²) in [6.45, 7) is 29.6. The Bertz CT molecular complexity index is 269. The van der Waals surface area contributed by atoms with Gasteiger partial charge in [-0.15, -0.1) is 0 Å². The van der Waals surface area contributed by atoms with E-state index in [1.165, 1.54) is 0 Å². The van der Waals surface area contributed by atoms with Crippen LogP contribution in [0.3, 0.4) is 0 Å². The lowest BCUT2D eigenvalue weighted by atomic mass is 11.8. The zero-order chi connectivity index (χ0) is 17.3. The van der Waals surface area contributed by atoms with Gasteiger partial charge in [0.25, 0.3) is 0 Å². The Balaban J connectivity index is 4.84. The fourth-order valence-electron chi connectivity index (χ4n) is 2.53. The maximum absolute atomic E-state index is 2.80. The smallest absolute Gasteiger partial charge is 0.124 e. The average Bonchev–Trinajstić information content (AvgIpc) is 2.07. The van der Waals surface area contributed by atoms with Crippen LogP contribution in [0.2, 0.25) is 78.6 Å². The highest BCUT2D eigenvalue weighted by molar-refractivity contribution is 9.09. The molecular weight excluding hydrogens is 381 g/mol. The first-order valence-corrected chi connectivity index (χ1v) is 24.8. The van der Waals surface area contributed by atoms with Crippen molar-refractivity contribution >= 4 is 64.7 Å². The molecule has 0 heterocycles. The van der Waals surface area contributed by atoms with E-state index in [9.17, 15) is 0 Å². The molecule has 0 unspecified atom stereocenters. The quantitative estimate of drug-likeness (QED) is 0.243. The van der Waals surface area contributed by atoms with Crippen molar-refractivity contribution in [1.29, 1.82) is 0 Å². The lowest BCUT2D eigenvalue weighted by Crippen LogP contribution is -2.55. The fourth-order valence-corrected chi connectivity index (χ4v) is 35.5. The van der Waals surface area contributed by atoms with Gasteiger partial charge in [-0.25, -0.2) is 0 Å². The van der Waals surface area contributed by atoms with E-state index in [2.05, 4.69) is 85.8 Å². The maximum Gasteiger partial charge on any atom is 0.124 e. The summed E-state index contributed by atoms with van der Waals surface area (Å²) in [6.07, 6.45) is 0. The van der Waals surface area contributed by atoms with Crippen LogP contribution in [0.15, 0.2) is 0 Å². The predicted molar refractivity (Wildman–Crippen MR) is 120 cm³/mol. The van der Waals surface area contributed by atoms with Gasteiger partial charge in [-0.05, 0) is 22.0 Å². The Morgan fingerprint density at radius 1 is 0.429 bits per heavy atom. The van der Waals surface area contributed by atoms with Crippen molar-refractivity contribution in [2.45, 2.75) is 78.6 Å². The van der Waals surface area contributed by atoms with E-state index in [-0.39, 0.29) is 0 Å². The van der Waals surface area contributed by atoms with Gasteiger partial charge in [0.1, 0.15) is 32.9 Å². The highest BCUT2D eigenvalue weighted by Gasteiger charge is 2.38. The summed E-state index contributed by atoms with van der Waals surface area (Å²) in [7, 11) is 1.04. The largest absolute Gasteiger partial charge is 0.283 e. The van der Waals surface area contributed by atoms with Gasteiger partial charge in [-0.2, -0.15) is 0 Å². The van der Waals surface area contributed by atoms with Gasteiger partial charge in [-0.3, -0.25) is 7.27 Å². The molecule has 0 aromatic rings. The predicted octanol–water partition coefficient (Wildman–Crippen LogP) is 6.79. The third-order valence-corrected chi connectivity index (χ3v) is 27.6. The topological polar surface area (TPSA) is 6.48 Å². The van der Waals surface area contributed by atoms with Crippen LogP contribution in [0, 0.1) is 0 Å². The molecule has 9 heteroatoms. The summed E-state index contributed by atoms with van der Waals surface area (Å²) in [6, 6.07) is 0. The standard InChI is InChI=1S/C12H36N2S3Si4/c1-18(2,3)13(19(4,5)6)15-17-16-14(20(7,8)9)21(10,11)12/h1-12H3. The first kappa shape index (κ1) is 22.8. The first-order valence-electron chi connectivity index (χ1n) is 7.59. The lowest BCUT2D eigenvalue weighted by molar-refractivity contribution is 1.01. The Morgan fingerprint density at radius 2 is 0.619 bits per heavy atom. The molecule has 0 aromatic heterocycles. The fraction of sp³-hybridized carbons (Fsp3) is 1.00. The van der Waals surface area contributed by atoms with Crippen LogP contribution in [0.5, 0.6) is 0 Å². The molecule has 128 valence electrons. The maximum atomic E-state index is 2.80. The summed E-state index contributed by atoms with van der Waals surface area (Å²) < 4.78 is 5.59. The molecule has 0 fully saturated rings. The van der Waals surface area contributed by atoms with Crippen molar-refractivity contribution in [2.24, 2.45) is 0 Å². The van der Waals surface area contributed by atoms with Gasteiger partial charge in [0.2, 0.25) is 0 Å². The minimum atomic E-state index is -1.26. The summed E-state index contributed by atoms with van der Waals surface area (Å²) in [4.78, 5) is 0. The van der Waals surface area contributed by atoms with Crippen molar-refractivity contribution in [3.8, 4) is 0 Å². The van der Waals surface area contributed by atoms with Crippen LogP contribution in [-0.4, -0.2) is 40.2 Å². The van der Waals surface area contributed by atoms with Crippen molar-refractivity contribution in [3.05, 3.63) is 0 Å². The number of hydrogen-bond acceptors (Lipinski definition) is 5. The molecule has 0 atom stereocenters. The molecule has 2 nitrogen and oxygen atoms in total. The average molecular weight is 417 g/mol. The molecular formula is C12H36N2S3Si4. The van der Waals surface area contributed by atoms with Crippen molar-refractivity contribution in [1.82, 2.24) is 7.27 Å². The third kappa shape index (κ3) is 8.48. The molecule has 0 aliphatic carbocycles. The zero-order valence-corrected chi connectivity index (χ0v) is 22.6. The second kappa shape index (κ2) is 7.81. The number of rotatable bonds is 8. The van der Waals surface area contributed by atoms with E-state index in [0.717, 1.165) is 0 Å². The number of nitrogens with zero attached hydrogens (tertiary/aromatic N) is 2. The second-order valence-electron chi connectivity index (χ2n) is 9.49. The monoisotopic (exact) mass is 416 g/mol. The van der Waals surface area contributed by atoms with E-state index < -0.39 is 32.9 Å². The third-order valence-electron chi connectivity index (χ3n) is 2.65. The van der Waals surface area contributed by atoms with Gasteiger partial charge >= 0.3 is 0 Å². The summed E-state index contributed by atoms with van der Waals surface area (Å²) in [5.41, 5.74) is 0. The van der Waals surface area contributed by atoms with Crippen molar-refractivity contribution in [3.63, 3.8) is 0 Å². The molecule has 0 bridgehead atoms. The van der Waals surface area contributed by atoms with E-state index in [1.54, 1.807) is 0 Å². The molecule has 0 N–H and O–H groups in total. The van der Waals surface area contributed by atoms with Crippen LogP contribution in [0.25, 0.3) is 0 Å². The van der Waals surface area contributed by atoms with Crippen LogP contribution in [0.1, 0.15) is 0 Å². The Labute approximate surface area is 150 Å². The summed E-state index contributed by atoms with van der Waals surface area (Å²) in [5, 5.41) is 0. The highest BCUT2D eigenvalue weighted by Crippen LogP contribution is 2.46. The molecule has 21 heavy (non-hydrogen) atoms. The van der Waals surface area contributed by atoms with Crippen molar-refractivity contribution < 1.29 is 0 Å². The minimum absolute atomic E-state index is 1.26. The highest BCUT2D eigenvalue weighted by atomic mass is 33.5. The van der Waals surface area contributed by atoms with E-state index in [0.29, 0.717) is 0 Å². The van der Waals surface area contributed by atoms with Gasteiger partial charge in [-0.1, -0.05) is 78.6 Å². The van der Waals surface area contributed by atoms with Crippen molar-refractivity contribution in [2.75, 3.05) is 0 Å². The van der Waals surface area contributed by atoms with Gasteiger partial charge in [0.05, 0.1) is 0 Å². The van der Waals surface area contributed by atoms with Gasteiger partial charge in [0.15, 0.2) is 0 Å². The lowest BCUT2D eigenvalue weighted by Gasteiger charge is -2.44. The Morgan fingerprint density at radius 3 is 0.762 bits per heavy atom. The van der Waals surface area contributed by atoms with Crippen LogP contribution < -0.4 is 0 Å². The van der Waals surface area contributed by atoms with Gasteiger partial charge < -0.3 is 0 Å². The Hall–Kier alpha value is 1.84. The summed E-state index contributed by atoms with van der Waals surface area (Å²) in [5.74, 6) is 0. The first-order chi connectivity index (χ1) is 8.97. The zero-order valence-electron chi connectivity index (χ0n) is 16.1. The molecule has 0 rings (SSSR count). The molecule has 0 radical (unpaired) electrons. The molecule has 0 saturated heterocycles. The van der Waals surface area contributed by atoms with Crippen LogP contribution in [-0.2, 0) is 0 Å². The van der Waals surface area contributed by atoms with Gasteiger partial charge in [0, 0.05) is 9.83 Å².